The second-order valence-corrected chi connectivity index (χ2v) is 5.60. The lowest BCUT2D eigenvalue weighted by Gasteiger charge is -2.13. The van der Waals surface area contributed by atoms with Crippen molar-refractivity contribution in [1.29, 1.82) is 0 Å². The van der Waals surface area contributed by atoms with Crippen molar-refractivity contribution in [3.05, 3.63) is 46.6 Å². The Morgan fingerprint density at radius 1 is 1.28 bits per heavy atom. The predicted molar refractivity (Wildman–Crippen MR) is 74.8 cm³/mol. The zero-order valence-electron chi connectivity index (χ0n) is 10.4. The average molecular weight is 283 g/mol. The molecule has 1 atom stereocenters. The summed E-state index contributed by atoms with van der Waals surface area (Å²) < 4.78 is 5.37. The number of hydrogen-bond donors (Lipinski definition) is 0. The van der Waals surface area contributed by atoms with Gasteiger partial charge in [0, 0.05) is 17.2 Å². The van der Waals surface area contributed by atoms with Gasteiger partial charge in [0.05, 0.1) is 5.75 Å². The summed E-state index contributed by atoms with van der Waals surface area (Å²) in [6.45, 7) is 3.98. The predicted octanol–water partition coefficient (Wildman–Crippen LogP) is 4.42. The fourth-order valence-electron chi connectivity index (χ4n) is 1.69. The van der Waals surface area contributed by atoms with Gasteiger partial charge in [-0.05, 0) is 24.1 Å². The molecular weight excluding hydrogens is 268 g/mol. The van der Waals surface area contributed by atoms with Gasteiger partial charge in [0.15, 0.2) is 0 Å². The van der Waals surface area contributed by atoms with Crippen LogP contribution in [0.15, 0.2) is 28.7 Å². The molecule has 1 aromatic heterocycles. The molecule has 3 nitrogen and oxygen atoms in total. The number of nitrogens with zero attached hydrogens (tertiary/aromatic N) is 2. The lowest BCUT2D eigenvalue weighted by Crippen LogP contribution is -1.93. The van der Waals surface area contributed by atoms with E-state index >= 15 is 0 Å². The van der Waals surface area contributed by atoms with Crippen LogP contribution in [-0.2, 0) is 5.75 Å². The Morgan fingerprint density at radius 3 is 2.56 bits per heavy atom. The van der Waals surface area contributed by atoms with Gasteiger partial charge in [0.2, 0.25) is 11.8 Å². The van der Waals surface area contributed by atoms with E-state index in [9.17, 15) is 0 Å². The van der Waals surface area contributed by atoms with Crippen molar-refractivity contribution < 1.29 is 4.42 Å². The standard InChI is InChI=1S/C13H15ClN2OS/c1-3-12(10-4-6-11(14)7-5-10)18-8-13-16-15-9(2)17-13/h4-7,12H,3,8H2,1-2H3. The van der Waals surface area contributed by atoms with Crippen LogP contribution in [0.4, 0.5) is 0 Å². The molecule has 5 heteroatoms. The largest absolute Gasteiger partial charge is 0.425 e. The van der Waals surface area contributed by atoms with Crippen molar-refractivity contribution in [3.63, 3.8) is 0 Å². The van der Waals surface area contributed by atoms with E-state index in [1.165, 1.54) is 5.56 Å². The topological polar surface area (TPSA) is 38.9 Å². The Balaban J connectivity index is 1.99. The summed E-state index contributed by atoms with van der Waals surface area (Å²) in [6, 6.07) is 8.00. The summed E-state index contributed by atoms with van der Waals surface area (Å²) in [4.78, 5) is 0. The van der Waals surface area contributed by atoms with Gasteiger partial charge in [-0.2, -0.15) is 0 Å². The maximum Gasteiger partial charge on any atom is 0.226 e. The van der Waals surface area contributed by atoms with Crippen LogP contribution in [0.1, 0.15) is 35.9 Å². The minimum absolute atomic E-state index is 0.425. The number of hydrogen-bond acceptors (Lipinski definition) is 4. The number of benzene rings is 1. The molecule has 0 aliphatic heterocycles. The molecule has 0 amide bonds. The molecule has 2 rings (SSSR count). The van der Waals surface area contributed by atoms with E-state index in [0.717, 1.165) is 17.2 Å². The van der Waals surface area contributed by atoms with Gasteiger partial charge in [-0.3, -0.25) is 0 Å². The van der Waals surface area contributed by atoms with Crippen molar-refractivity contribution in [3.8, 4) is 0 Å². The van der Waals surface area contributed by atoms with Gasteiger partial charge < -0.3 is 4.42 Å². The number of halogens is 1. The first-order valence-corrected chi connectivity index (χ1v) is 7.27. The highest BCUT2D eigenvalue weighted by atomic mass is 35.5. The lowest BCUT2D eigenvalue weighted by atomic mass is 10.1. The molecule has 0 bridgehead atoms. The minimum Gasteiger partial charge on any atom is -0.425 e. The summed E-state index contributed by atoms with van der Waals surface area (Å²) in [7, 11) is 0. The molecule has 0 radical (unpaired) electrons. The van der Waals surface area contributed by atoms with Crippen LogP contribution in [0.25, 0.3) is 0 Å². The third-order valence-corrected chi connectivity index (χ3v) is 4.26. The Bertz CT molecular complexity index is 498. The zero-order chi connectivity index (χ0) is 13.0. The molecular formula is C13H15ClN2OS. The van der Waals surface area contributed by atoms with Crippen LogP contribution < -0.4 is 0 Å². The smallest absolute Gasteiger partial charge is 0.226 e. The van der Waals surface area contributed by atoms with E-state index in [0.29, 0.717) is 17.0 Å². The van der Waals surface area contributed by atoms with Gasteiger partial charge in [0.1, 0.15) is 0 Å². The lowest BCUT2D eigenvalue weighted by molar-refractivity contribution is 0.485. The maximum atomic E-state index is 5.90. The first-order valence-electron chi connectivity index (χ1n) is 5.85. The fourth-order valence-corrected chi connectivity index (χ4v) is 2.87. The molecule has 18 heavy (non-hydrogen) atoms. The monoisotopic (exact) mass is 282 g/mol. The SMILES string of the molecule is CCC(SCc1nnc(C)o1)c1ccc(Cl)cc1. The fraction of sp³-hybridized carbons (Fsp3) is 0.385. The number of rotatable bonds is 5. The summed E-state index contributed by atoms with van der Waals surface area (Å²) in [5.41, 5.74) is 1.28. The van der Waals surface area contributed by atoms with Gasteiger partial charge in [-0.25, -0.2) is 0 Å². The zero-order valence-corrected chi connectivity index (χ0v) is 12.0. The highest BCUT2D eigenvalue weighted by molar-refractivity contribution is 7.98. The van der Waals surface area contributed by atoms with Crippen LogP contribution in [0.2, 0.25) is 5.02 Å². The van der Waals surface area contributed by atoms with Crippen LogP contribution >= 0.6 is 23.4 Å². The first-order chi connectivity index (χ1) is 8.69. The summed E-state index contributed by atoms with van der Waals surface area (Å²) >= 11 is 7.70. The van der Waals surface area contributed by atoms with Gasteiger partial charge >= 0.3 is 0 Å². The van der Waals surface area contributed by atoms with Crippen LogP contribution in [0.3, 0.4) is 0 Å². The number of thioether (sulfide) groups is 1. The molecule has 0 aliphatic carbocycles. The van der Waals surface area contributed by atoms with Crippen LogP contribution in [0, 0.1) is 6.92 Å². The second-order valence-electron chi connectivity index (χ2n) is 3.97. The van der Waals surface area contributed by atoms with E-state index in [4.69, 9.17) is 16.0 Å². The highest BCUT2D eigenvalue weighted by Gasteiger charge is 2.12. The Hall–Kier alpha value is -1.00. The Labute approximate surface area is 116 Å². The Kier molecular flexibility index (Phi) is 4.66. The second kappa shape index (κ2) is 6.25. The number of aromatic nitrogens is 2. The first kappa shape index (κ1) is 13.4. The van der Waals surface area contributed by atoms with Crippen LogP contribution in [0.5, 0.6) is 0 Å². The van der Waals surface area contributed by atoms with E-state index in [1.807, 2.05) is 23.9 Å². The third kappa shape index (κ3) is 3.50. The highest BCUT2D eigenvalue weighted by Crippen LogP contribution is 2.34. The normalized spacial score (nSPS) is 12.6. The molecule has 0 aliphatic rings. The summed E-state index contributed by atoms with van der Waals surface area (Å²) in [5, 5.41) is 9.02. The molecule has 1 aromatic carbocycles. The molecule has 0 spiro atoms. The summed E-state index contributed by atoms with van der Waals surface area (Å²) in [6.07, 6.45) is 1.05. The van der Waals surface area contributed by atoms with Crippen LogP contribution in [-0.4, -0.2) is 10.2 Å². The van der Waals surface area contributed by atoms with E-state index < -0.39 is 0 Å². The van der Waals surface area contributed by atoms with E-state index in [1.54, 1.807) is 6.92 Å². The average Bonchev–Trinajstić information content (AvgIpc) is 2.78. The van der Waals surface area contributed by atoms with Gasteiger partial charge in [-0.1, -0.05) is 30.7 Å². The maximum absolute atomic E-state index is 5.90. The van der Waals surface area contributed by atoms with Crippen molar-refractivity contribution in [2.45, 2.75) is 31.3 Å². The molecule has 1 unspecified atom stereocenters. The van der Waals surface area contributed by atoms with E-state index in [-0.39, 0.29) is 0 Å². The quantitative estimate of drug-likeness (QED) is 0.814. The Morgan fingerprint density at radius 2 is 2.00 bits per heavy atom. The van der Waals surface area contributed by atoms with Crippen molar-refractivity contribution >= 4 is 23.4 Å². The molecule has 0 fully saturated rings. The van der Waals surface area contributed by atoms with E-state index in [2.05, 4.69) is 29.3 Å². The molecule has 0 saturated carbocycles. The molecule has 0 N–H and O–H groups in total. The minimum atomic E-state index is 0.425. The number of aryl methyl sites for hydroxylation is 1. The van der Waals surface area contributed by atoms with Crippen molar-refractivity contribution in [2.75, 3.05) is 0 Å². The van der Waals surface area contributed by atoms with Gasteiger partial charge in [-0.15, -0.1) is 22.0 Å². The molecule has 2 aromatic rings. The van der Waals surface area contributed by atoms with Crippen molar-refractivity contribution in [1.82, 2.24) is 10.2 Å². The summed E-state index contributed by atoms with van der Waals surface area (Å²) in [5.74, 6) is 2.04. The molecule has 96 valence electrons. The van der Waals surface area contributed by atoms with Gasteiger partial charge in [0.25, 0.3) is 0 Å². The third-order valence-electron chi connectivity index (χ3n) is 2.59. The van der Waals surface area contributed by atoms with Crippen molar-refractivity contribution in [2.24, 2.45) is 0 Å². The molecule has 1 heterocycles. The molecule has 0 saturated heterocycles.